The quantitative estimate of drug-likeness (QED) is 0.591. The van der Waals surface area contributed by atoms with Gasteiger partial charge in [0.2, 0.25) is 5.91 Å². The van der Waals surface area contributed by atoms with E-state index in [0.29, 0.717) is 37.7 Å². The molecule has 34 heavy (non-hydrogen) atoms. The van der Waals surface area contributed by atoms with E-state index >= 15 is 0 Å². The van der Waals surface area contributed by atoms with Gasteiger partial charge in [0.1, 0.15) is 5.75 Å². The average molecular weight is 463 g/mol. The van der Waals surface area contributed by atoms with Crippen molar-refractivity contribution >= 4 is 17.5 Å². The highest BCUT2D eigenvalue weighted by atomic mass is 16.5. The summed E-state index contributed by atoms with van der Waals surface area (Å²) in [5.41, 5.74) is 2.79. The van der Waals surface area contributed by atoms with E-state index in [9.17, 15) is 9.59 Å². The van der Waals surface area contributed by atoms with Gasteiger partial charge in [-0.3, -0.25) is 9.59 Å². The number of benzene rings is 2. The van der Waals surface area contributed by atoms with Gasteiger partial charge in [-0.2, -0.15) is 0 Å². The summed E-state index contributed by atoms with van der Waals surface area (Å²) in [4.78, 5) is 31.7. The number of rotatable bonds is 3. The Labute approximate surface area is 199 Å². The summed E-state index contributed by atoms with van der Waals surface area (Å²) in [7, 11) is 3.63. The first-order chi connectivity index (χ1) is 16.5. The summed E-state index contributed by atoms with van der Waals surface area (Å²) in [6, 6.07) is 16.9. The van der Waals surface area contributed by atoms with Crippen molar-refractivity contribution in [2.45, 2.75) is 19.9 Å². The molecule has 2 heterocycles. The van der Waals surface area contributed by atoms with Gasteiger partial charge >= 0.3 is 0 Å². The maximum absolute atomic E-state index is 13.5. The van der Waals surface area contributed by atoms with Gasteiger partial charge in [-0.05, 0) is 43.8 Å². The molecule has 0 fully saturated rings. The maximum atomic E-state index is 13.5. The second-order valence-electron chi connectivity index (χ2n) is 8.49. The number of hydrogen-bond acceptors (Lipinski definition) is 6. The summed E-state index contributed by atoms with van der Waals surface area (Å²) >= 11 is 0. The number of nitrogens with zero attached hydrogens (tertiary/aromatic N) is 4. The van der Waals surface area contributed by atoms with Gasteiger partial charge in [-0.25, -0.2) is 0 Å². The molecule has 0 N–H and O–H groups in total. The summed E-state index contributed by atoms with van der Waals surface area (Å²) < 4.78 is 10.8. The molecule has 0 unspecified atom stereocenters. The number of likely N-dealkylation sites (N-methyl/N-ethyl adjacent to an activating group) is 1. The molecule has 4 rings (SSSR count). The molecule has 1 aliphatic rings. The molecule has 0 atom stereocenters. The molecular weight excluding hydrogens is 432 g/mol. The highest BCUT2D eigenvalue weighted by Crippen LogP contribution is 2.27. The van der Waals surface area contributed by atoms with Gasteiger partial charge in [-0.15, -0.1) is 0 Å². The Hall–Kier alpha value is -3.65. The molecule has 8 nitrogen and oxygen atoms in total. The van der Waals surface area contributed by atoms with Crippen LogP contribution < -0.4 is 9.64 Å². The fourth-order valence-corrected chi connectivity index (χ4v) is 4.17. The Morgan fingerprint density at radius 3 is 2.62 bits per heavy atom. The van der Waals surface area contributed by atoms with Gasteiger partial charge in [0, 0.05) is 50.4 Å². The van der Waals surface area contributed by atoms with Crippen LogP contribution in [0.2, 0.25) is 0 Å². The molecule has 0 radical (unpaired) electrons. The predicted molar refractivity (Wildman–Crippen MR) is 130 cm³/mol. The van der Waals surface area contributed by atoms with Crippen molar-refractivity contribution in [3.8, 4) is 17.1 Å². The number of para-hydroxylation sites is 1. The molecule has 2 amide bonds. The third-order valence-corrected chi connectivity index (χ3v) is 6.07. The summed E-state index contributed by atoms with van der Waals surface area (Å²) in [5.74, 6) is 0.977. The monoisotopic (exact) mass is 462 g/mol. The maximum Gasteiger partial charge on any atom is 0.276 e. The Balaban J connectivity index is 1.64. The second kappa shape index (κ2) is 10.5. The highest BCUT2D eigenvalue weighted by molar-refractivity contribution is 5.94. The molecular formula is C26H30N4O4. The van der Waals surface area contributed by atoms with E-state index in [1.807, 2.05) is 55.6 Å². The van der Waals surface area contributed by atoms with E-state index in [-0.39, 0.29) is 17.5 Å². The number of aromatic nitrogens is 1. The molecule has 0 saturated carbocycles. The van der Waals surface area contributed by atoms with Crippen molar-refractivity contribution in [1.82, 2.24) is 15.0 Å². The van der Waals surface area contributed by atoms with Crippen LogP contribution in [0.4, 0.5) is 5.69 Å². The van der Waals surface area contributed by atoms with Crippen LogP contribution in [0.1, 0.15) is 29.4 Å². The van der Waals surface area contributed by atoms with E-state index in [2.05, 4.69) is 10.1 Å². The molecule has 0 bridgehead atoms. The molecule has 0 aliphatic carbocycles. The molecule has 1 aromatic heterocycles. The van der Waals surface area contributed by atoms with Crippen LogP contribution in [0.3, 0.4) is 0 Å². The lowest BCUT2D eigenvalue weighted by molar-refractivity contribution is -0.116. The van der Waals surface area contributed by atoms with E-state index < -0.39 is 0 Å². The lowest BCUT2D eigenvalue weighted by Crippen LogP contribution is -2.37. The number of ether oxygens (including phenoxy) is 1. The van der Waals surface area contributed by atoms with Crippen molar-refractivity contribution < 1.29 is 18.8 Å². The number of methoxy groups -OCH3 is 1. The van der Waals surface area contributed by atoms with E-state index in [1.54, 1.807) is 29.9 Å². The predicted octanol–water partition coefficient (Wildman–Crippen LogP) is 3.68. The van der Waals surface area contributed by atoms with Crippen molar-refractivity contribution in [3.63, 3.8) is 0 Å². The topological polar surface area (TPSA) is 79.1 Å². The Morgan fingerprint density at radius 1 is 1.00 bits per heavy atom. The average Bonchev–Trinajstić information content (AvgIpc) is 3.33. The van der Waals surface area contributed by atoms with Gasteiger partial charge in [-0.1, -0.05) is 35.5 Å². The van der Waals surface area contributed by atoms with Crippen LogP contribution in [-0.4, -0.2) is 67.1 Å². The van der Waals surface area contributed by atoms with Crippen LogP contribution in [0.5, 0.6) is 5.75 Å². The number of fused-ring (bicyclic) bond motifs is 1. The van der Waals surface area contributed by atoms with Gasteiger partial charge in [0.25, 0.3) is 5.91 Å². The van der Waals surface area contributed by atoms with Crippen LogP contribution >= 0.6 is 0 Å². The smallest absolute Gasteiger partial charge is 0.276 e. The van der Waals surface area contributed by atoms with Crippen molar-refractivity contribution in [1.29, 1.82) is 0 Å². The molecule has 2 aromatic carbocycles. The number of anilines is 1. The zero-order chi connectivity index (χ0) is 24.1. The Kier molecular flexibility index (Phi) is 7.27. The normalized spacial score (nSPS) is 15.4. The molecule has 8 heteroatoms. The Morgan fingerprint density at radius 2 is 1.82 bits per heavy atom. The van der Waals surface area contributed by atoms with E-state index in [4.69, 9.17) is 9.26 Å². The summed E-state index contributed by atoms with van der Waals surface area (Å²) in [5, 5.41) is 4.07. The lowest BCUT2D eigenvalue weighted by atomic mass is 10.1. The first-order valence-electron chi connectivity index (χ1n) is 11.4. The van der Waals surface area contributed by atoms with Crippen LogP contribution in [0.15, 0.2) is 59.1 Å². The molecule has 3 aromatic rings. The minimum Gasteiger partial charge on any atom is -0.497 e. The van der Waals surface area contributed by atoms with Gasteiger partial charge in [0.15, 0.2) is 11.5 Å². The standard InChI is InChI=1S/C26H30N4O4/c1-19(31)30-13-7-12-28(2)14-15-29(18-21-8-4-5-11-24(21)30)26(32)23-17-25(34-27-23)20-9-6-10-22(16-20)33-3/h4-6,8-11,16-17H,7,12-15,18H2,1-3H3. The Bertz CT molecular complexity index is 1160. The van der Waals surface area contributed by atoms with Crippen LogP contribution in [0, 0.1) is 0 Å². The fraction of sp³-hybridized carbons (Fsp3) is 0.346. The summed E-state index contributed by atoms with van der Waals surface area (Å²) in [6.07, 6.45) is 0.853. The lowest BCUT2D eigenvalue weighted by Gasteiger charge is -2.26. The highest BCUT2D eigenvalue weighted by Gasteiger charge is 2.24. The molecule has 0 saturated heterocycles. The first kappa shape index (κ1) is 23.5. The fourth-order valence-electron chi connectivity index (χ4n) is 4.17. The largest absolute Gasteiger partial charge is 0.497 e. The number of amides is 2. The summed E-state index contributed by atoms with van der Waals surface area (Å²) in [6.45, 7) is 4.67. The minimum atomic E-state index is -0.213. The third-order valence-electron chi connectivity index (χ3n) is 6.07. The number of hydrogen-bond donors (Lipinski definition) is 0. The van der Waals surface area contributed by atoms with E-state index in [0.717, 1.165) is 29.8 Å². The van der Waals surface area contributed by atoms with Crippen molar-refractivity contribution in [2.75, 3.05) is 45.2 Å². The number of carbonyl (C=O) groups is 2. The van der Waals surface area contributed by atoms with E-state index in [1.165, 1.54) is 0 Å². The van der Waals surface area contributed by atoms with Gasteiger partial charge in [0.05, 0.1) is 7.11 Å². The van der Waals surface area contributed by atoms with Crippen molar-refractivity contribution in [2.24, 2.45) is 0 Å². The molecule has 1 aliphatic heterocycles. The third kappa shape index (κ3) is 5.28. The van der Waals surface area contributed by atoms with Crippen molar-refractivity contribution in [3.05, 3.63) is 65.9 Å². The molecule has 178 valence electrons. The number of carbonyl (C=O) groups excluding carboxylic acids is 2. The van der Waals surface area contributed by atoms with Crippen LogP contribution in [-0.2, 0) is 11.3 Å². The minimum absolute atomic E-state index is 0.00772. The zero-order valence-corrected chi connectivity index (χ0v) is 19.9. The first-order valence-corrected chi connectivity index (χ1v) is 11.4. The zero-order valence-electron chi connectivity index (χ0n) is 19.9. The van der Waals surface area contributed by atoms with Crippen LogP contribution in [0.25, 0.3) is 11.3 Å². The molecule has 0 spiro atoms. The SMILES string of the molecule is COc1cccc(-c2cc(C(=O)N3CCN(C)CCCN(C(C)=O)c4ccccc4C3)no2)c1. The van der Waals surface area contributed by atoms with Gasteiger partial charge < -0.3 is 24.0 Å². The second-order valence-corrected chi connectivity index (χ2v) is 8.49.